The highest BCUT2D eigenvalue weighted by Crippen LogP contribution is 2.26. The Labute approximate surface area is 158 Å². The summed E-state index contributed by atoms with van der Waals surface area (Å²) in [4.78, 5) is 13.1. The SMILES string of the molecule is COc1cc(N2CCC(N(C)Cc3ccc(Cl)c(Cl)c3)CC2)ncn1. The number of piperidine rings is 1. The van der Waals surface area contributed by atoms with Gasteiger partial charge in [0.1, 0.15) is 12.1 Å². The van der Waals surface area contributed by atoms with Gasteiger partial charge in [0, 0.05) is 31.7 Å². The van der Waals surface area contributed by atoms with Gasteiger partial charge in [-0.15, -0.1) is 0 Å². The van der Waals surface area contributed by atoms with Crippen LogP contribution in [-0.2, 0) is 6.54 Å². The van der Waals surface area contributed by atoms with Crippen molar-refractivity contribution >= 4 is 29.0 Å². The molecule has 1 aliphatic heterocycles. The van der Waals surface area contributed by atoms with E-state index in [-0.39, 0.29) is 0 Å². The zero-order valence-corrected chi connectivity index (χ0v) is 16.0. The first-order valence-corrected chi connectivity index (χ1v) is 9.07. The molecule has 0 amide bonds. The Kier molecular flexibility index (Phi) is 5.99. The molecule has 3 rings (SSSR count). The Morgan fingerprint density at radius 3 is 2.60 bits per heavy atom. The smallest absolute Gasteiger partial charge is 0.218 e. The van der Waals surface area contributed by atoms with E-state index in [1.807, 2.05) is 24.3 Å². The fraction of sp³-hybridized carbons (Fsp3) is 0.444. The molecule has 0 radical (unpaired) electrons. The van der Waals surface area contributed by atoms with Gasteiger partial charge in [0.25, 0.3) is 0 Å². The van der Waals surface area contributed by atoms with Crippen molar-refractivity contribution in [1.29, 1.82) is 0 Å². The maximum atomic E-state index is 6.12. The molecule has 0 saturated carbocycles. The molecular weight excluding hydrogens is 359 g/mol. The summed E-state index contributed by atoms with van der Waals surface area (Å²) in [6, 6.07) is 8.27. The zero-order valence-electron chi connectivity index (χ0n) is 14.5. The lowest BCUT2D eigenvalue weighted by molar-refractivity contribution is 0.200. The van der Waals surface area contributed by atoms with Gasteiger partial charge in [0.05, 0.1) is 17.2 Å². The van der Waals surface area contributed by atoms with Gasteiger partial charge in [-0.2, -0.15) is 0 Å². The lowest BCUT2D eigenvalue weighted by Gasteiger charge is -2.37. The minimum atomic E-state index is 0.537. The second-order valence-corrected chi connectivity index (χ2v) is 7.11. The Morgan fingerprint density at radius 1 is 1.16 bits per heavy atom. The van der Waals surface area contributed by atoms with Gasteiger partial charge in [0.15, 0.2) is 0 Å². The van der Waals surface area contributed by atoms with Crippen LogP contribution < -0.4 is 9.64 Å². The van der Waals surface area contributed by atoms with Gasteiger partial charge < -0.3 is 9.64 Å². The van der Waals surface area contributed by atoms with Crippen LogP contribution in [-0.4, -0.2) is 48.2 Å². The predicted molar refractivity (Wildman–Crippen MR) is 102 cm³/mol. The maximum Gasteiger partial charge on any atom is 0.218 e. The number of hydrogen-bond donors (Lipinski definition) is 0. The number of benzene rings is 1. The fourth-order valence-corrected chi connectivity index (χ4v) is 3.53. The van der Waals surface area contributed by atoms with Gasteiger partial charge >= 0.3 is 0 Å². The van der Waals surface area contributed by atoms with E-state index in [0.29, 0.717) is 22.0 Å². The van der Waals surface area contributed by atoms with Crippen LogP contribution in [0.1, 0.15) is 18.4 Å². The number of ether oxygens (including phenoxy) is 1. The van der Waals surface area contributed by atoms with Gasteiger partial charge in [-0.05, 0) is 37.6 Å². The number of anilines is 1. The molecule has 1 saturated heterocycles. The molecule has 5 nitrogen and oxygen atoms in total. The summed E-state index contributed by atoms with van der Waals surface area (Å²) in [5.41, 5.74) is 1.18. The first-order valence-electron chi connectivity index (χ1n) is 8.32. The summed E-state index contributed by atoms with van der Waals surface area (Å²) in [6.07, 6.45) is 3.73. The zero-order chi connectivity index (χ0) is 17.8. The molecule has 134 valence electrons. The van der Waals surface area contributed by atoms with E-state index in [2.05, 4.69) is 26.8 Å². The first kappa shape index (κ1) is 18.2. The number of hydrogen-bond acceptors (Lipinski definition) is 5. The highest BCUT2D eigenvalue weighted by molar-refractivity contribution is 6.42. The van der Waals surface area contributed by atoms with Crippen molar-refractivity contribution in [3.8, 4) is 5.88 Å². The molecule has 0 spiro atoms. The minimum absolute atomic E-state index is 0.537. The molecule has 1 aromatic carbocycles. The average Bonchev–Trinajstić information content (AvgIpc) is 2.65. The summed E-state index contributed by atoms with van der Waals surface area (Å²) in [7, 11) is 3.78. The first-order chi connectivity index (χ1) is 12.1. The normalized spacial score (nSPS) is 15.6. The van der Waals surface area contributed by atoms with Gasteiger partial charge in [-0.1, -0.05) is 29.3 Å². The molecule has 25 heavy (non-hydrogen) atoms. The Bertz CT molecular complexity index is 720. The van der Waals surface area contributed by atoms with Gasteiger partial charge in [-0.3, -0.25) is 4.90 Å². The van der Waals surface area contributed by atoms with Crippen molar-refractivity contribution in [2.45, 2.75) is 25.4 Å². The Hall–Kier alpha value is -1.56. The standard InChI is InChI=1S/C18H22Cl2N4O/c1-23(11-13-3-4-15(19)16(20)9-13)14-5-7-24(8-6-14)17-10-18(25-2)22-12-21-17/h3-4,9-10,12,14H,5-8,11H2,1-2H3. The van der Waals surface area contributed by atoms with Crippen molar-refractivity contribution in [1.82, 2.24) is 14.9 Å². The molecule has 7 heteroatoms. The summed E-state index contributed by atoms with van der Waals surface area (Å²) in [6.45, 7) is 2.80. The van der Waals surface area contributed by atoms with E-state index >= 15 is 0 Å². The molecule has 0 N–H and O–H groups in total. The van der Waals surface area contributed by atoms with Crippen LogP contribution in [0.2, 0.25) is 10.0 Å². The van der Waals surface area contributed by atoms with Crippen molar-refractivity contribution in [2.75, 3.05) is 32.1 Å². The van der Waals surface area contributed by atoms with Crippen molar-refractivity contribution in [3.63, 3.8) is 0 Å². The Balaban J connectivity index is 1.56. The van der Waals surface area contributed by atoms with Crippen molar-refractivity contribution in [2.24, 2.45) is 0 Å². The lowest BCUT2D eigenvalue weighted by Crippen LogP contribution is -2.43. The molecule has 0 aliphatic carbocycles. The maximum absolute atomic E-state index is 6.12. The third-order valence-electron chi connectivity index (χ3n) is 4.66. The second kappa shape index (κ2) is 8.21. The van der Waals surface area contributed by atoms with Crippen LogP contribution in [0.4, 0.5) is 5.82 Å². The highest BCUT2D eigenvalue weighted by Gasteiger charge is 2.23. The fourth-order valence-electron chi connectivity index (χ4n) is 3.21. The summed E-state index contributed by atoms with van der Waals surface area (Å²) in [5, 5.41) is 1.21. The van der Waals surface area contributed by atoms with Crippen LogP contribution in [0.5, 0.6) is 5.88 Å². The molecule has 2 aromatic rings. The van der Waals surface area contributed by atoms with Crippen molar-refractivity contribution in [3.05, 3.63) is 46.2 Å². The van der Waals surface area contributed by atoms with Crippen LogP contribution in [0, 0.1) is 0 Å². The van der Waals surface area contributed by atoms with Gasteiger partial charge in [0.2, 0.25) is 5.88 Å². The molecule has 2 heterocycles. The second-order valence-electron chi connectivity index (χ2n) is 6.30. The predicted octanol–water partition coefficient (Wildman–Crippen LogP) is 3.89. The van der Waals surface area contributed by atoms with Crippen LogP contribution in [0.3, 0.4) is 0 Å². The third-order valence-corrected chi connectivity index (χ3v) is 5.40. The van der Waals surface area contributed by atoms with Crippen molar-refractivity contribution < 1.29 is 4.74 Å². The number of nitrogens with zero attached hydrogens (tertiary/aromatic N) is 4. The lowest BCUT2D eigenvalue weighted by atomic mass is 10.0. The van der Waals surface area contributed by atoms with E-state index in [1.165, 1.54) is 5.56 Å². The monoisotopic (exact) mass is 380 g/mol. The quantitative estimate of drug-likeness (QED) is 0.786. The van der Waals surface area contributed by atoms with Crippen LogP contribution in [0.15, 0.2) is 30.6 Å². The molecule has 1 aromatic heterocycles. The molecular formula is C18H22Cl2N4O. The van der Waals surface area contributed by atoms with Gasteiger partial charge in [-0.25, -0.2) is 9.97 Å². The third kappa shape index (κ3) is 4.54. The summed E-state index contributed by atoms with van der Waals surface area (Å²) in [5.74, 6) is 1.53. The van der Waals surface area contributed by atoms with Crippen LogP contribution in [0.25, 0.3) is 0 Å². The number of aromatic nitrogens is 2. The number of rotatable bonds is 5. The number of halogens is 2. The van der Waals surface area contributed by atoms with E-state index in [9.17, 15) is 0 Å². The highest BCUT2D eigenvalue weighted by atomic mass is 35.5. The molecule has 0 atom stereocenters. The minimum Gasteiger partial charge on any atom is -0.481 e. The molecule has 0 unspecified atom stereocenters. The largest absolute Gasteiger partial charge is 0.481 e. The topological polar surface area (TPSA) is 41.5 Å². The average molecular weight is 381 g/mol. The Morgan fingerprint density at radius 2 is 1.92 bits per heavy atom. The van der Waals surface area contributed by atoms with E-state index in [1.54, 1.807) is 13.4 Å². The van der Waals surface area contributed by atoms with E-state index in [0.717, 1.165) is 38.3 Å². The molecule has 1 fully saturated rings. The molecule has 1 aliphatic rings. The summed E-state index contributed by atoms with van der Waals surface area (Å²) < 4.78 is 5.18. The summed E-state index contributed by atoms with van der Waals surface area (Å²) >= 11 is 12.1. The molecule has 0 bridgehead atoms. The van der Waals surface area contributed by atoms with E-state index < -0.39 is 0 Å². The van der Waals surface area contributed by atoms with Crippen LogP contribution >= 0.6 is 23.2 Å². The number of methoxy groups -OCH3 is 1. The van der Waals surface area contributed by atoms with E-state index in [4.69, 9.17) is 27.9 Å².